The Bertz CT molecular complexity index is 731. The van der Waals surface area contributed by atoms with Crippen molar-refractivity contribution in [3.8, 4) is 22.6 Å². The topological polar surface area (TPSA) is 83.4 Å². The lowest BCUT2D eigenvalue weighted by atomic mass is 9.94. The second-order valence-electron chi connectivity index (χ2n) is 6.78. The van der Waals surface area contributed by atoms with Crippen molar-refractivity contribution in [2.75, 3.05) is 12.3 Å². The molecule has 0 saturated carbocycles. The number of ether oxygens (including phenoxy) is 2. The second kappa shape index (κ2) is 6.69. The van der Waals surface area contributed by atoms with Crippen LogP contribution in [0.1, 0.15) is 38.9 Å². The average Bonchev–Trinajstić information content (AvgIpc) is 2.52. The van der Waals surface area contributed by atoms with Gasteiger partial charge in [-0.15, -0.1) is 0 Å². The molecule has 5 nitrogen and oxygen atoms in total. The zero-order valence-corrected chi connectivity index (χ0v) is 14.5. The molecule has 2 atom stereocenters. The lowest BCUT2D eigenvalue weighted by Gasteiger charge is -2.27. The molecule has 4 N–H and O–H groups in total. The molecule has 0 radical (unpaired) electrons. The van der Waals surface area contributed by atoms with Gasteiger partial charge in [-0.1, -0.05) is 13.8 Å². The van der Waals surface area contributed by atoms with E-state index in [-0.39, 0.29) is 12.1 Å². The van der Waals surface area contributed by atoms with E-state index >= 15 is 0 Å². The number of hydrogen-bond donors (Lipinski definition) is 2. The zero-order chi connectivity index (χ0) is 17.3. The van der Waals surface area contributed by atoms with Crippen molar-refractivity contribution in [2.24, 2.45) is 11.7 Å². The number of pyridine rings is 1. The molecule has 5 heteroatoms. The number of fused-ring (bicyclic) bond motifs is 3. The van der Waals surface area contributed by atoms with Crippen molar-refractivity contribution in [1.29, 1.82) is 0 Å². The van der Waals surface area contributed by atoms with Gasteiger partial charge in [0.25, 0.3) is 0 Å². The molecule has 128 valence electrons. The summed E-state index contributed by atoms with van der Waals surface area (Å²) in [6.45, 7) is 6.80. The van der Waals surface area contributed by atoms with Crippen LogP contribution >= 0.6 is 0 Å². The molecule has 0 saturated heterocycles. The maximum Gasteiger partial charge on any atom is 0.131 e. The molecule has 0 bridgehead atoms. The minimum Gasteiger partial charge on any atom is -0.492 e. The van der Waals surface area contributed by atoms with Crippen molar-refractivity contribution in [1.82, 2.24) is 4.98 Å². The summed E-state index contributed by atoms with van der Waals surface area (Å²) >= 11 is 0. The summed E-state index contributed by atoms with van der Waals surface area (Å²) in [5, 5.41) is 0. The molecule has 2 heterocycles. The van der Waals surface area contributed by atoms with Crippen LogP contribution in [0.4, 0.5) is 5.82 Å². The molecule has 0 spiro atoms. The highest BCUT2D eigenvalue weighted by molar-refractivity contribution is 5.79. The summed E-state index contributed by atoms with van der Waals surface area (Å²) in [5.74, 6) is 2.65. The van der Waals surface area contributed by atoms with E-state index < -0.39 is 0 Å². The van der Waals surface area contributed by atoms with E-state index in [1.807, 2.05) is 31.2 Å². The third-order valence-electron chi connectivity index (χ3n) is 4.21. The molecule has 0 aliphatic carbocycles. The molecule has 24 heavy (non-hydrogen) atoms. The van der Waals surface area contributed by atoms with Gasteiger partial charge in [-0.05, 0) is 43.0 Å². The molecule has 0 fully saturated rings. The van der Waals surface area contributed by atoms with Gasteiger partial charge in [0.1, 0.15) is 30.0 Å². The maximum absolute atomic E-state index is 6.09. The Labute approximate surface area is 143 Å². The number of aromatic nitrogens is 1. The number of rotatable bonds is 5. The number of benzene rings is 1. The molecular weight excluding hydrogens is 302 g/mol. The van der Waals surface area contributed by atoms with Crippen LogP contribution in [0.3, 0.4) is 0 Å². The Balaban J connectivity index is 1.81. The van der Waals surface area contributed by atoms with Gasteiger partial charge in [0, 0.05) is 29.4 Å². The van der Waals surface area contributed by atoms with E-state index in [4.69, 9.17) is 20.9 Å². The standard InChI is InChI=1S/C19H25N3O2/c1-11(2)8-13(20)10-23-14-4-5-15-16-6-7-22-19(21)18(16)12(3)24-17(15)9-14/h4-7,9,11-13H,8,10,20H2,1-3H3,(H2,21,22). The van der Waals surface area contributed by atoms with Gasteiger partial charge in [-0.2, -0.15) is 0 Å². The SMILES string of the molecule is CC(C)CC(N)COc1ccc2c(c1)OC(C)c1c-2ccnc1N. The van der Waals surface area contributed by atoms with Crippen LogP contribution in [-0.2, 0) is 0 Å². The second-order valence-corrected chi connectivity index (χ2v) is 6.78. The van der Waals surface area contributed by atoms with Gasteiger partial charge >= 0.3 is 0 Å². The fourth-order valence-electron chi connectivity index (χ4n) is 3.19. The van der Waals surface area contributed by atoms with Gasteiger partial charge in [-0.25, -0.2) is 4.98 Å². The third-order valence-corrected chi connectivity index (χ3v) is 4.21. The number of nitrogens with zero attached hydrogens (tertiary/aromatic N) is 1. The quantitative estimate of drug-likeness (QED) is 0.877. The van der Waals surface area contributed by atoms with Gasteiger partial charge in [0.05, 0.1) is 0 Å². The van der Waals surface area contributed by atoms with Crippen molar-refractivity contribution in [3.63, 3.8) is 0 Å². The van der Waals surface area contributed by atoms with Crippen molar-refractivity contribution in [2.45, 2.75) is 39.3 Å². The smallest absolute Gasteiger partial charge is 0.131 e. The molecule has 1 aromatic carbocycles. The molecule has 2 aromatic rings. The highest BCUT2D eigenvalue weighted by atomic mass is 16.5. The highest BCUT2D eigenvalue weighted by Gasteiger charge is 2.26. The third kappa shape index (κ3) is 3.31. The number of nitrogen functional groups attached to an aromatic ring is 1. The normalized spacial score (nSPS) is 17.0. The van der Waals surface area contributed by atoms with E-state index in [2.05, 4.69) is 18.8 Å². The first-order valence-corrected chi connectivity index (χ1v) is 8.39. The summed E-state index contributed by atoms with van der Waals surface area (Å²) in [7, 11) is 0. The van der Waals surface area contributed by atoms with Crippen molar-refractivity contribution >= 4 is 5.82 Å². The van der Waals surface area contributed by atoms with E-state index in [0.29, 0.717) is 18.3 Å². The minimum atomic E-state index is -0.139. The van der Waals surface area contributed by atoms with Crippen molar-refractivity contribution < 1.29 is 9.47 Å². The van der Waals surface area contributed by atoms with E-state index in [0.717, 1.165) is 34.6 Å². The first-order valence-electron chi connectivity index (χ1n) is 8.39. The van der Waals surface area contributed by atoms with Gasteiger partial charge in [0.15, 0.2) is 0 Å². The predicted octanol–water partition coefficient (Wildman–Crippen LogP) is 3.54. The Kier molecular flexibility index (Phi) is 4.62. The predicted molar refractivity (Wildman–Crippen MR) is 96.1 cm³/mol. The molecule has 1 aromatic heterocycles. The number of nitrogens with two attached hydrogens (primary N) is 2. The molecule has 1 aliphatic heterocycles. The van der Waals surface area contributed by atoms with Crippen LogP contribution in [0.15, 0.2) is 30.5 Å². The highest BCUT2D eigenvalue weighted by Crippen LogP contribution is 2.45. The van der Waals surface area contributed by atoms with Crippen LogP contribution < -0.4 is 20.9 Å². The summed E-state index contributed by atoms with van der Waals surface area (Å²) < 4.78 is 11.9. The largest absolute Gasteiger partial charge is 0.492 e. The molecular formula is C19H25N3O2. The monoisotopic (exact) mass is 327 g/mol. The van der Waals surface area contributed by atoms with E-state index in [1.54, 1.807) is 6.20 Å². The van der Waals surface area contributed by atoms with Crippen LogP contribution in [0, 0.1) is 5.92 Å². The lowest BCUT2D eigenvalue weighted by Crippen LogP contribution is -2.29. The molecule has 0 amide bonds. The summed E-state index contributed by atoms with van der Waals surface area (Å²) in [4.78, 5) is 4.16. The molecule has 1 aliphatic rings. The number of hydrogen-bond acceptors (Lipinski definition) is 5. The maximum atomic E-state index is 6.09. The lowest BCUT2D eigenvalue weighted by molar-refractivity contribution is 0.220. The zero-order valence-electron chi connectivity index (χ0n) is 14.5. The Hall–Kier alpha value is -2.27. The van der Waals surface area contributed by atoms with Crippen molar-refractivity contribution in [3.05, 3.63) is 36.0 Å². The number of anilines is 1. The minimum absolute atomic E-state index is 0.0347. The first-order chi connectivity index (χ1) is 11.5. The van der Waals surface area contributed by atoms with Gasteiger partial charge in [0.2, 0.25) is 0 Å². The Morgan fingerprint density at radius 2 is 2.04 bits per heavy atom. The van der Waals surface area contributed by atoms with E-state index in [9.17, 15) is 0 Å². The van der Waals surface area contributed by atoms with Gasteiger partial charge < -0.3 is 20.9 Å². The first kappa shape index (κ1) is 16.6. The van der Waals surface area contributed by atoms with Crippen LogP contribution in [-0.4, -0.2) is 17.6 Å². The fraction of sp³-hybridized carbons (Fsp3) is 0.421. The van der Waals surface area contributed by atoms with Gasteiger partial charge in [-0.3, -0.25) is 0 Å². The van der Waals surface area contributed by atoms with E-state index in [1.165, 1.54) is 0 Å². The Morgan fingerprint density at radius 3 is 2.79 bits per heavy atom. The van der Waals surface area contributed by atoms with Crippen LogP contribution in [0.25, 0.3) is 11.1 Å². The Morgan fingerprint density at radius 1 is 1.25 bits per heavy atom. The summed E-state index contributed by atoms with van der Waals surface area (Å²) in [6.07, 6.45) is 2.53. The average molecular weight is 327 g/mol. The summed E-state index contributed by atoms with van der Waals surface area (Å²) in [6, 6.07) is 7.88. The van der Waals surface area contributed by atoms with Crippen LogP contribution in [0.5, 0.6) is 11.5 Å². The fourth-order valence-corrected chi connectivity index (χ4v) is 3.19. The summed E-state index contributed by atoms with van der Waals surface area (Å²) in [5.41, 5.74) is 15.1. The molecule has 2 unspecified atom stereocenters. The molecule has 3 rings (SSSR count). The van der Waals surface area contributed by atoms with Crippen LogP contribution in [0.2, 0.25) is 0 Å².